The molecule has 1 atom stereocenters. The van der Waals surface area contributed by atoms with Crippen LogP contribution < -0.4 is 0 Å². The number of ether oxygens (including phenoxy) is 1. The van der Waals surface area contributed by atoms with Crippen molar-refractivity contribution in [1.82, 2.24) is 14.7 Å². The van der Waals surface area contributed by atoms with Gasteiger partial charge in [-0.1, -0.05) is 6.42 Å². The Morgan fingerprint density at radius 3 is 2.83 bits per heavy atom. The summed E-state index contributed by atoms with van der Waals surface area (Å²) in [6.07, 6.45) is 8.26. The van der Waals surface area contributed by atoms with Crippen LogP contribution >= 0.6 is 0 Å². The molecule has 1 aromatic carbocycles. The summed E-state index contributed by atoms with van der Waals surface area (Å²) in [5.41, 5.74) is 1.51. The fourth-order valence-electron chi connectivity index (χ4n) is 3.05. The van der Waals surface area contributed by atoms with Crippen LogP contribution in [-0.2, 0) is 4.74 Å². The van der Waals surface area contributed by atoms with Crippen molar-refractivity contribution >= 4 is 5.97 Å². The van der Waals surface area contributed by atoms with Gasteiger partial charge in [0, 0.05) is 18.4 Å². The molecule has 5 heteroatoms. The molecule has 0 N–H and O–H groups in total. The highest BCUT2D eigenvalue weighted by molar-refractivity contribution is 5.89. The van der Waals surface area contributed by atoms with Crippen LogP contribution in [0.3, 0.4) is 0 Å². The van der Waals surface area contributed by atoms with Gasteiger partial charge in [-0.25, -0.2) is 9.48 Å². The zero-order valence-corrected chi connectivity index (χ0v) is 13.5. The number of carbonyl (C=O) groups is 1. The summed E-state index contributed by atoms with van der Waals surface area (Å²) in [4.78, 5) is 14.5. The summed E-state index contributed by atoms with van der Waals surface area (Å²) in [7, 11) is 2.15. The fraction of sp³-hybridized carbons (Fsp3) is 0.444. The third-order valence-electron chi connectivity index (χ3n) is 4.48. The number of carbonyl (C=O) groups excluding carboxylic acids is 1. The van der Waals surface area contributed by atoms with E-state index >= 15 is 0 Å². The van der Waals surface area contributed by atoms with Gasteiger partial charge in [-0.05, 0) is 63.2 Å². The number of nitrogens with zero attached hydrogens (tertiary/aromatic N) is 3. The molecule has 2 aromatic rings. The van der Waals surface area contributed by atoms with Gasteiger partial charge in [0.25, 0.3) is 0 Å². The van der Waals surface area contributed by atoms with Crippen molar-refractivity contribution in [3.8, 4) is 5.69 Å². The molecule has 0 radical (unpaired) electrons. The van der Waals surface area contributed by atoms with Crippen LogP contribution in [-0.4, -0.2) is 46.9 Å². The van der Waals surface area contributed by atoms with Gasteiger partial charge in [-0.2, -0.15) is 5.10 Å². The summed E-state index contributed by atoms with van der Waals surface area (Å²) in [6, 6.07) is 9.72. The van der Waals surface area contributed by atoms with E-state index in [-0.39, 0.29) is 5.97 Å². The second-order valence-electron chi connectivity index (χ2n) is 6.05. The minimum atomic E-state index is -0.254. The van der Waals surface area contributed by atoms with Crippen LogP contribution in [0.4, 0.5) is 0 Å². The first-order chi connectivity index (χ1) is 11.2. The zero-order chi connectivity index (χ0) is 16.1. The molecule has 0 aliphatic carbocycles. The van der Waals surface area contributed by atoms with Crippen molar-refractivity contribution < 1.29 is 9.53 Å². The molecule has 23 heavy (non-hydrogen) atoms. The Bertz CT molecular complexity index is 622. The van der Waals surface area contributed by atoms with Crippen molar-refractivity contribution in [2.45, 2.75) is 31.7 Å². The van der Waals surface area contributed by atoms with Crippen molar-refractivity contribution in [2.75, 3.05) is 20.2 Å². The van der Waals surface area contributed by atoms with Gasteiger partial charge in [0.05, 0.1) is 17.9 Å². The Balaban J connectivity index is 1.50. The summed E-state index contributed by atoms with van der Waals surface area (Å²) in [5.74, 6) is -0.254. The molecule has 1 fully saturated rings. The van der Waals surface area contributed by atoms with Crippen molar-refractivity contribution in [2.24, 2.45) is 0 Å². The van der Waals surface area contributed by atoms with E-state index in [9.17, 15) is 4.79 Å². The van der Waals surface area contributed by atoms with Crippen molar-refractivity contribution in [3.63, 3.8) is 0 Å². The smallest absolute Gasteiger partial charge is 0.338 e. The number of hydrogen-bond acceptors (Lipinski definition) is 4. The monoisotopic (exact) mass is 313 g/mol. The van der Waals surface area contributed by atoms with Gasteiger partial charge in [0.2, 0.25) is 0 Å². The average molecular weight is 313 g/mol. The van der Waals surface area contributed by atoms with E-state index in [1.807, 2.05) is 24.4 Å². The largest absolute Gasteiger partial charge is 0.462 e. The Kier molecular flexibility index (Phi) is 5.08. The van der Waals surface area contributed by atoms with Gasteiger partial charge < -0.3 is 9.64 Å². The topological polar surface area (TPSA) is 47.4 Å². The van der Waals surface area contributed by atoms with Crippen molar-refractivity contribution in [3.05, 3.63) is 48.3 Å². The lowest BCUT2D eigenvalue weighted by Gasteiger charge is -2.32. The molecule has 122 valence electrons. The first-order valence-electron chi connectivity index (χ1n) is 8.21. The van der Waals surface area contributed by atoms with Crippen LogP contribution in [0.15, 0.2) is 42.7 Å². The van der Waals surface area contributed by atoms with E-state index in [0.29, 0.717) is 18.2 Å². The number of hydrogen-bond donors (Lipinski definition) is 0. The van der Waals surface area contributed by atoms with Gasteiger partial charge in [0.15, 0.2) is 0 Å². The summed E-state index contributed by atoms with van der Waals surface area (Å²) in [5, 5.41) is 4.17. The maximum Gasteiger partial charge on any atom is 0.338 e. The number of piperidine rings is 1. The van der Waals surface area contributed by atoms with E-state index in [0.717, 1.165) is 18.7 Å². The third kappa shape index (κ3) is 3.99. The molecule has 2 heterocycles. The number of rotatable bonds is 5. The highest BCUT2D eigenvalue weighted by atomic mass is 16.5. The first kappa shape index (κ1) is 15.7. The van der Waals surface area contributed by atoms with Crippen LogP contribution in [0.1, 0.15) is 36.0 Å². The summed E-state index contributed by atoms with van der Waals surface area (Å²) < 4.78 is 7.18. The molecule has 5 nitrogen and oxygen atoms in total. The highest BCUT2D eigenvalue weighted by Gasteiger charge is 2.19. The Morgan fingerprint density at radius 2 is 2.13 bits per heavy atom. The summed E-state index contributed by atoms with van der Waals surface area (Å²) in [6.45, 7) is 1.63. The molecule has 0 bridgehead atoms. The Morgan fingerprint density at radius 1 is 1.30 bits per heavy atom. The molecule has 1 aliphatic rings. The zero-order valence-electron chi connectivity index (χ0n) is 13.5. The van der Waals surface area contributed by atoms with Crippen LogP contribution in [0.2, 0.25) is 0 Å². The predicted octanol–water partition coefficient (Wildman–Crippen LogP) is 2.90. The van der Waals surface area contributed by atoms with Crippen LogP contribution in [0, 0.1) is 0 Å². The second kappa shape index (κ2) is 7.42. The minimum Gasteiger partial charge on any atom is -0.462 e. The number of likely N-dealkylation sites (tertiary alicyclic amines) is 1. The molecular weight excluding hydrogens is 290 g/mol. The quantitative estimate of drug-likeness (QED) is 0.796. The van der Waals surface area contributed by atoms with E-state index in [1.54, 1.807) is 23.0 Å². The summed E-state index contributed by atoms with van der Waals surface area (Å²) >= 11 is 0. The molecule has 0 spiro atoms. The third-order valence-corrected chi connectivity index (χ3v) is 4.48. The lowest BCUT2D eigenvalue weighted by Crippen LogP contribution is -2.37. The Hall–Kier alpha value is -2.14. The molecule has 1 aromatic heterocycles. The highest BCUT2D eigenvalue weighted by Crippen LogP contribution is 2.18. The molecule has 1 aliphatic heterocycles. The second-order valence-corrected chi connectivity index (χ2v) is 6.05. The first-order valence-corrected chi connectivity index (χ1v) is 8.21. The molecule has 0 amide bonds. The van der Waals surface area contributed by atoms with Gasteiger partial charge in [-0.15, -0.1) is 0 Å². The minimum absolute atomic E-state index is 0.254. The number of esters is 1. The molecule has 1 saturated heterocycles. The van der Waals surface area contributed by atoms with Gasteiger partial charge >= 0.3 is 5.97 Å². The average Bonchev–Trinajstić information content (AvgIpc) is 3.11. The SMILES string of the molecule is CN1CCCC[C@H]1CCOC(=O)c1ccc(-n2cccn2)cc1. The molecule has 0 unspecified atom stereocenters. The normalized spacial score (nSPS) is 18.7. The van der Waals surface area contributed by atoms with E-state index in [2.05, 4.69) is 17.0 Å². The predicted molar refractivity (Wildman–Crippen MR) is 88.7 cm³/mol. The van der Waals surface area contributed by atoms with E-state index < -0.39 is 0 Å². The number of aromatic nitrogens is 2. The van der Waals surface area contributed by atoms with Crippen molar-refractivity contribution in [1.29, 1.82) is 0 Å². The van der Waals surface area contributed by atoms with Crippen LogP contribution in [0.25, 0.3) is 5.69 Å². The van der Waals surface area contributed by atoms with E-state index in [4.69, 9.17) is 4.74 Å². The molecule has 3 rings (SSSR count). The lowest BCUT2D eigenvalue weighted by atomic mass is 10.0. The standard InChI is InChI=1S/C18H23N3O2/c1-20-12-3-2-5-16(20)10-14-23-18(22)15-6-8-17(9-7-15)21-13-4-11-19-21/h4,6-9,11,13,16H,2-3,5,10,12,14H2,1H3/t16-/m0/s1. The maximum atomic E-state index is 12.1. The number of benzene rings is 1. The van der Waals surface area contributed by atoms with Crippen LogP contribution in [0.5, 0.6) is 0 Å². The lowest BCUT2D eigenvalue weighted by molar-refractivity contribution is 0.0450. The molecular formula is C18H23N3O2. The van der Waals surface area contributed by atoms with Gasteiger partial charge in [0.1, 0.15) is 0 Å². The van der Waals surface area contributed by atoms with E-state index in [1.165, 1.54) is 19.3 Å². The molecule has 0 saturated carbocycles. The Labute approximate surface area is 136 Å². The van der Waals surface area contributed by atoms with Gasteiger partial charge in [-0.3, -0.25) is 0 Å². The maximum absolute atomic E-state index is 12.1. The fourth-order valence-corrected chi connectivity index (χ4v) is 3.05.